The van der Waals surface area contributed by atoms with Crippen molar-refractivity contribution < 1.29 is 18.4 Å². The fourth-order valence-electron chi connectivity index (χ4n) is 2.48. The number of aromatic hydroxyl groups is 1. The second-order valence-corrected chi connectivity index (χ2v) is 8.10. The summed E-state index contributed by atoms with van der Waals surface area (Å²) in [5.74, 6) is 0.0126. The van der Waals surface area contributed by atoms with Crippen LogP contribution in [0.1, 0.15) is 0 Å². The third-order valence-corrected chi connectivity index (χ3v) is 5.11. The average molecular weight is 406 g/mol. The van der Waals surface area contributed by atoms with Crippen LogP contribution in [0, 0.1) is 10.1 Å². The maximum Gasteiger partial charge on any atom is 0.270 e. The highest BCUT2D eigenvalue weighted by molar-refractivity contribution is 7.90. The van der Waals surface area contributed by atoms with E-state index in [4.69, 9.17) is 11.6 Å². The minimum Gasteiger partial charge on any atom is -0.507 e. The predicted octanol–water partition coefficient (Wildman–Crippen LogP) is 4.93. The molecule has 0 saturated heterocycles. The van der Waals surface area contributed by atoms with Gasteiger partial charge in [-0.3, -0.25) is 10.1 Å². The van der Waals surface area contributed by atoms with E-state index >= 15 is 0 Å². The van der Waals surface area contributed by atoms with E-state index < -0.39 is 14.8 Å². The molecule has 0 aliphatic heterocycles. The molecule has 138 valence electrons. The van der Waals surface area contributed by atoms with Gasteiger partial charge in [-0.25, -0.2) is 8.42 Å². The first-order valence-corrected chi connectivity index (χ1v) is 9.75. The first-order chi connectivity index (χ1) is 12.7. The molecule has 0 radical (unpaired) electrons. The lowest BCUT2D eigenvalue weighted by Crippen LogP contribution is -1.99. The molecular weight excluding hydrogens is 394 g/mol. The number of azo groups is 1. The summed E-state index contributed by atoms with van der Waals surface area (Å²) in [6.45, 7) is 0. The Labute approximate surface area is 158 Å². The second-order valence-electron chi connectivity index (χ2n) is 5.68. The van der Waals surface area contributed by atoms with E-state index in [9.17, 15) is 23.6 Å². The Hall–Kier alpha value is -3.04. The number of sulfone groups is 1. The monoisotopic (exact) mass is 405 g/mol. The van der Waals surface area contributed by atoms with Crippen LogP contribution in [-0.4, -0.2) is 24.7 Å². The van der Waals surface area contributed by atoms with Gasteiger partial charge in [0, 0.05) is 34.2 Å². The molecule has 3 rings (SSSR count). The van der Waals surface area contributed by atoms with E-state index in [1.807, 2.05) is 0 Å². The van der Waals surface area contributed by atoms with Gasteiger partial charge in [0.1, 0.15) is 16.3 Å². The first-order valence-electron chi connectivity index (χ1n) is 7.48. The van der Waals surface area contributed by atoms with Crippen LogP contribution in [0.15, 0.2) is 63.7 Å². The molecule has 0 aliphatic carbocycles. The number of rotatable bonds is 4. The van der Waals surface area contributed by atoms with Crippen LogP contribution in [0.2, 0.25) is 5.02 Å². The topological polar surface area (TPSA) is 122 Å². The van der Waals surface area contributed by atoms with Gasteiger partial charge in [0.25, 0.3) is 5.69 Å². The van der Waals surface area contributed by atoms with Gasteiger partial charge in [0.15, 0.2) is 9.84 Å². The van der Waals surface area contributed by atoms with Gasteiger partial charge in [-0.1, -0.05) is 17.7 Å². The van der Waals surface area contributed by atoms with Gasteiger partial charge in [0.05, 0.1) is 10.6 Å². The third-order valence-electron chi connectivity index (χ3n) is 3.75. The van der Waals surface area contributed by atoms with E-state index in [0.29, 0.717) is 21.5 Å². The van der Waals surface area contributed by atoms with Crippen LogP contribution in [0.5, 0.6) is 5.75 Å². The zero-order valence-corrected chi connectivity index (χ0v) is 15.4. The van der Waals surface area contributed by atoms with E-state index in [1.165, 1.54) is 18.2 Å². The minimum absolute atomic E-state index is 0.0126. The number of benzene rings is 3. The third kappa shape index (κ3) is 3.88. The molecule has 0 heterocycles. The Balaban J connectivity index is 2.13. The molecule has 0 fully saturated rings. The maximum atomic E-state index is 12.0. The summed E-state index contributed by atoms with van der Waals surface area (Å²) < 4.78 is 23.9. The molecule has 0 aromatic heterocycles. The fraction of sp³-hybridized carbons (Fsp3) is 0.0588. The molecule has 0 unspecified atom stereocenters. The summed E-state index contributed by atoms with van der Waals surface area (Å²) in [5.41, 5.74) is -0.0188. The van der Waals surface area contributed by atoms with Crippen molar-refractivity contribution in [3.05, 3.63) is 63.7 Å². The summed E-state index contributed by atoms with van der Waals surface area (Å²) >= 11 is 5.94. The Kier molecular flexibility index (Phi) is 4.81. The first kappa shape index (κ1) is 18.7. The lowest BCUT2D eigenvalue weighted by atomic mass is 10.1. The smallest absolute Gasteiger partial charge is 0.270 e. The van der Waals surface area contributed by atoms with Crippen LogP contribution in [0.25, 0.3) is 10.8 Å². The van der Waals surface area contributed by atoms with Gasteiger partial charge in [-0.05, 0) is 30.3 Å². The number of hydrogen-bond acceptors (Lipinski definition) is 7. The number of halogens is 1. The Morgan fingerprint density at radius 1 is 1.00 bits per heavy atom. The normalized spacial score (nSPS) is 11.9. The van der Waals surface area contributed by atoms with Gasteiger partial charge in [-0.2, -0.15) is 0 Å². The standard InChI is InChI=1S/C17H12ClN3O5S/c1-27(25,26)17-9-11(21(23)24)3-5-15(17)20-19-14-6-7-16(22)13-8-10(18)2-4-12(13)14/h2-9,22H,1H3. The highest BCUT2D eigenvalue weighted by Gasteiger charge is 2.18. The van der Waals surface area contributed by atoms with Crippen LogP contribution in [0.3, 0.4) is 0 Å². The zero-order valence-electron chi connectivity index (χ0n) is 13.8. The Morgan fingerprint density at radius 2 is 1.67 bits per heavy atom. The number of nitro benzene ring substituents is 1. The van der Waals surface area contributed by atoms with Crippen LogP contribution in [-0.2, 0) is 9.84 Å². The lowest BCUT2D eigenvalue weighted by molar-refractivity contribution is -0.385. The molecule has 0 saturated carbocycles. The van der Waals surface area contributed by atoms with Gasteiger partial charge in [-0.15, -0.1) is 10.2 Å². The van der Waals surface area contributed by atoms with Gasteiger partial charge in [0.2, 0.25) is 0 Å². The summed E-state index contributed by atoms with van der Waals surface area (Å²) in [5, 5.41) is 30.3. The molecule has 0 bridgehead atoms. The maximum absolute atomic E-state index is 12.0. The van der Waals surface area contributed by atoms with E-state index in [1.54, 1.807) is 18.2 Å². The number of nitrogens with zero attached hydrogens (tertiary/aromatic N) is 3. The zero-order chi connectivity index (χ0) is 19.8. The second kappa shape index (κ2) is 6.93. The van der Waals surface area contributed by atoms with Gasteiger partial charge >= 0.3 is 0 Å². The molecule has 0 aliphatic rings. The molecule has 0 amide bonds. The predicted molar refractivity (Wildman–Crippen MR) is 101 cm³/mol. The van der Waals surface area contributed by atoms with Crippen LogP contribution < -0.4 is 0 Å². The number of phenols is 1. The summed E-state index contributed by atoms with van der Waals surface area (Å²) in [6, 6.07) is 11.1. The summed E-state index contributed by atoms with van der Waals surface area (Å²) in [7, 11) is -3.76. The van der Waals surface area contributed by atoms with Crippen LogP contribution >= 0.6 is 11.6 Å². The molecule has 8 nitrogen and oxygen atoms in total. The van der Waals surface area contributed by atoms with Gasteiger partial charge < -0.3 is 5.11 Å². The Bertz CT molecular complexity index is 1210. The van der Waals surface area contributed by atoms with Crippen molar-refractivity contribution in [3.63, 3.8) is 0 Å². The summed E-state index contributed by atoms with van der Waals surface area (Å²) in [6.07, 6.45) is 0.934. The van der Waals surface area contributed by atoms with Crippen molar-refractivity contribution in [1.82, 2.24) is 0 Å². The van der Waals surface area contributed by atoms with E-state index in [2.05, 4.69) is 10.2 Å². The van der Waals surface area contributed by atoms with Crippen LogP contribution in [0.4, 0.5) is 17.1 Å². The molecule has 27 heavy (non-hydrogen) atoms. The fourth-order valence-corrected chi connectivity index (χ4v) is 3.48. The molecule has 0 atom stereocenters. The molecule has 3 aromatic carbocycles. The van der Waals surface area contributed by atoms with Crippen molar-refractivity contribution in [2.75, 3.05) is 6.26 Å². The number of non-ortho nitro benzene ring substituents is 1. The molecule has 10 heteroatoms. The average Bonchev–Trinajstić information content (AvgIpc) is 2.60. The molecule has 0 spiro atoms. The highest BCUT2D eigenvalue weighted by Crippen LogP contribution is 2.36. The SMILES string of the molecule is CS(=O)(=O)c1cc([N+](=O)[O-])ccc1N=Nc1ccc(O)c2cc(Cl)ccc12. The molecule has 1 N–H and O–H groups in total. The Morgan fingerprint density at radius 3 is 2.33 bits per heavy atom. The minimum atomic E-state index is -3.76. The number of phenolic OH excluding ortho intramolecular Hbond substituents is 1. The van der Waals surface area contributed by atoms with Crippen molar-refractivity contribution >= 4 is 49.3 Å². The quantitative estimate of drug-likeness (QED) is 0.374. The largest absolute Gasteiger partial charge is 0.507 e. The lowest BCUT2D eigenvalue weighted by Gasteiger charge is -2.05. The number of hydrogen-bond donors (Lipinski definition) is 1. The van der Waals surface area contributed by atoms with Crippen molar-refractivity contribution in [1.29, 1.82) is 0 Å². The molecular formula is C17H12ClN3O5S. The van der Waals surface area contributed by atoms with E-state index in [0.717, 1.165) is 18.4 Å². The number of nitro groups is 1. The van der Waals surface area contributed by atoms with Crippen molar-refractivity contribution in [3.8, 4) is 5.75 Å². The van der Waals surface area contributed by atoms with E-state index in [-0.39, 0.29) is 22.0 Å². The van der Waals surface area contributed by atoms with Crippen molar-refractivity contribution in [2.45, 2.75) is 4.90 Å². The number of fused-ring (bicyclic) bond motifs is 1. The highest BCUT2D eigenvalue weighted by atomic mass is 35.5. The summed E-state index contributed by atoms with van der Waals surface area (Å²) in [4.78, 5) is 9.91. The molecule has 3 aromatic rings. The van der Waals surface area contributed by atoms with Crippen molar-refractivity contribution in [2.24, 2.45) is 10.2 Å².